The average molecular weight is 514 g/mol. The van der Waals surface area contributed by atoms with Crippen LogP contribution in [0, 0.1) is 0 Å². The van der Waals surface area contributed by atoms with Crippen molar-refractivity contribution < 1.29 is 4.74 Å². The molecule has 178 valence electrons. The number of hydrogen-bond donors (Lipinski definition) is 2. The van der Waals surface area contributed by atoms with Crippen LogP contribution < -0.4 is 10.9 Å². The Hall–Kier alpha value is -1.84. The van der Waals surface area contributed by atoms with Crippen LogP contribution in [-0.2, 0) is 11.3 Å². The van der Waals surface area contributed by atoms with Crippen LogP contribution in [0.1, 0.15) is 37.3 Å². The van der Waals surface area contributed by atoms with E-state index in [9.17, 15) is 4.79 Å². The van der Waals surface area contributed by atoms with Gasteiger partial charge in [-0.1, -0.05) is 29.3 Å². The van der Waals surface area contributed by atoms with E-state index in [4.69, 9.17) is 27.9 Å². The van der Waals surface area contributed by atoms with E-state index in [1.807, 2.05) is 10.7 Å². The van der Waals surface area contributed by atoms with Gasteiger partial charge in [-0.2, -0.15) is 5.10 Å². The molecule has 4 heterocycles. The highest BCUT2D eigenvalue weighted by atomic mass is 35.5. The quantitative estimate of drug-likeness (QED) is 0.530. The molecule has 0 radical (unpaired) electrons. The molecule has 33 heavy (non-hydrogen) atoms. The van der Waals surface area contributed by atoms with Crippen molar-refractivity contribution in [2.45, 2.75) is 44.3 Å². The number of ether oxygens (including phenoxy) is 1. The van der Waals surface area contributed by atoms with Crippen LogP contribution in [0.4, 0.5) is 5.95 Å². The Kier molecular flexibility index (Phi) is 7.81. The highest BCUT2D eigenvalue weighted by molar-refractivity contribution is 6.42. The molecule has 0 saturated carbocycles. The highest BCUT2D eigenvalue weighted by Gasteiger charge is 2.28. The number of piperidine rings is 1. The molecule has 0 atom stereocenters. The molecule has 2 aromatic heterocycles. The van der Waals surface area contributed by atoms with Gasteiger partial charge in [-0.15, -0.1) is 12.4 Å². The lowest BCUT2D eigenvalue weighted by molar-refractivity contribution is 0.0215. The maximum atomic E-state index is 12.9. The van der Waals surface area contributed by atoms with Gasteiger partial charge in [-0.3, -0.25) is 14.5 Å². The predicted molar refractivity (Wildman–Crippen MR) is 133 cm³/mol. The third kappa shape index (κ3) is 5.30. The molecule has 5 rings (SSSR count). The Morgan fingerprint density at radius 2 is 1.85 bits per heavy atom. The number of hydrogen-bond acceptors (Lipinski definition) is 6. The zero-order valence-electron chi connectivity index (χ0n) is 18.1. The van der Waals surface area contributed by atoms with E-state index in [-0.39, 0.29) is 24.0 Å². The van der Waals surface area contributed by atoms with Crippen molar-refractivity contribution in [2.75, 3.05) is 31.6 Å². The lowest BCUT2D eigenvalue weighted by Crippen LogP contribution is -2.44. The average Bonchev–Trinajstić information content (AvgIpc) is 3.25. The zero-order chi connectivity index (χ0) is 22.1. The summed E-state index contributed by atoms with van der Waals surface area (Å²) in [6.07, 6.45) is 5.85. The largest absolute Gasteiger partial charge is 0.381 e. The molecule has 2 aliphatic rings. The lowest BCUT2D eigenvalue weighted by Gasteiger charge is -2.39. The lowest BCUT2D eigenvalue weighted by atomic mass is 10.00. The summed E-state index contributed by atoms with van der Waals surface area (Å²) in [5, 5.41) is 8.68. The van der Waals surface area contributed by atoms with Gasteiger partial charge in [0, 0.05) is 38.9 Å². The van der Waals surface area contributed by atoms with E-state index < -0.39 is 0 Å². The van der Waals surface area contributed by atoms with Crippen molar-refractivity contribution in [1.29, 1.82) is 0 Å². The second-order valence-electron chi connectivity index (χ2n) is 8.45. The second-order valence-corrected chi connectivity index (χ2v) is 9.26. The maximum Gasteiger partial charge on any atom is 0.278 e. The minimum atomic E-state index is -0.184. The number of benzene rings is 1. The molecule has 0 unspecified atom stereocenters. The Morgan fingerprint density at radius 1 is 1.09 bits per heavy atom. The molecule has 0 amide bonds. The molecule has 0 aliphatic carbocycles. The molecular formula is C22H27Cl3N6O2. The third-order valence-electron chi connectivity index (χ3n) is 6.45. The Labute approximate surface area is 208 Å². The van der Waals surface area contributed by atoms with E-state index in [0.29, 0.717) is 39.6 Å². The maximum absolute atomic E-state index is 12.9. The van der Waals surface area contributed by atoms with E-state index >= 15 is 0 Å². The number of H-pyrrole nitrogens is 1. The van der Waals surface area contributed by atoms with Gasteiger partial charge in [-0.25, -0.2) is 4.98 Å². The van der Waals surface area contributed by atoms with Gasteiger partial charge >= 0.3 is 0 Å². The summed E-state index contributed by atoms with van der Waals surface area (Å²) >= 11 is 12.0. The van der Waals surface area contributed by atoms with Crippen LogP contribution in [0.3, 0.4) is 0 Å². The van der Waals surface area contributed by atoms with E-state index in [1.54, 1.807) is 18.3 Å². The first-order valence-corrected chi connectivity index (χ1v) is 11.8. The highest BCUT2D eigenvalue weighted by Crippen LogP contribution is 2.28. The molecule has 2 aliphatic heterocycles. The molecule has 11 heteroatoms. The van der Waals surface area contributed by atoms with Crippen molar-refractivity contribution >= 4 is 52.6 Å². The molecule has 0 spiro atoms. The molecule has 0 bridgehead atoms. The monoisotopic (exact) mass is 512 g/mol. The number of rotatable bonds is 5. The number of likely N-dealkylation sites (tertiary alicyclic amines) is 1. The zero-order valence-corrected chi connectivity index (χ0v) is 20.4. The summed E-state index contributed by atoms with van der Waals surface area (Å²) in [5.41, 5.74) is 1.89. The first-order valence-electron chi connectivity index (χ1n) is 11.1. The van der Waals surface area contributed by atoms with Gasteiger partial charge < -0.3 is 15.0 Å². The van der Waals surface area contributed by atoms with Crippen LogP contribution in [0.5, 0.6) is 0 Å². The fourth-order valence-corrected chi connectivity index (χ4v) is 5.03. The first-order chi connectivity index (χ1) is 15.6. The smallest absolute Gasteiger partial charge is 0.278 e. The van der Waals surface area contributed by atoms with Crippen LogP contribution in [-0.4, -0.2) is 57.0 Å². The normalized spacial score (nSPS) is 18.4. The van der Waals surface area contributed by atoms with Crippen molar-refractivity contribution in [3.63, 3.8) is 0 Å². The molecular weight excluding hydrogens is 487 g/mol. The molecule has 2 saturated heterocycles. The molecule has 1 aromatic carbocycles. The standard InChI is InChI=1S/C22H26Cl2N6O2.ClH/c23-17-2-1-14(11-18(17)24)12-25-22-27-19-13-26-30(20(19)21(31)28-22)16-3-7-29(8-4-16)15-5-9-32-10-6-15;/h1-2,11,13,15-16H,3-10,12H2,(H2,25,27,28,31);1H. The van der Waals surface area contributed by atoms with Crippen molar-refractivity contribution in [3.05, 3.63) is 50.4 Å². The van der Waals surface area contributed by atoms with Gasteiger partial charge in [0.15, 0.2) is 5.52 Å². The van der Waals surface area contributed by atoms with Crippen molar-refractivity contribution in [3.8, 4) is 0 Å². The number of anilines is 1. The Morgan fingerprint density at radius 3 is 2.58 bits per heavy atom. The van der Waals surface area contributed by atoms with Crippen LogP contribution >= 0.6 is 35.6 Å². The summed E-state index contributed by atoms with van der Waals surface area (Å²) in [6, 6.07) is 6.24. The fraction of sp³-hybridized carbons (Fsp3) is 0.500. The first kappa shape index (κ1) is 24.3. The second kappa shape index (κ2) is 10.6. The molecule has 2 N–H and O–H groups in total. The van der Waals surface area contributed by atoms with E-state index in [2.05, 4.69) is 25.3 Å². The Bertz CT molecular complexity index is 1150. The minimum absolute atomic E-state index is 0. The predicted octanol–water partition coefficient (Wildman–Crippen LogP) is 4.28. The summed E-state index contributed by atoms with van der Waals surface area (Å²) in [4.78, 5) is 22.9. The van der Waals surface area contributed by atoms with Gasteiger partial charge in [0.25, 0.3) is 5.56 Å². The van der Waals surface area contributed by atoms with E-state index in [1.165, 1.54) is 0 Å². The summed E-state index contributed by atoms with van der Waals surface area (Å²) < 4.78 is 7.36. The molecule has 8 nitrogen and oxygen atoms in total. The molecule has 2 fully saturated rings. The number of nitrogens with zero attached hydrogens (tertiary/aromatic N) is 4. The molecule has 3 aromatic rings. The number of nitrogens with one attached hydrogen (secondary N) is 2. The number of aromatic nitrogens is 4. The van der Waals surface area contributed by atoms with Gasteiger partial charge in [0.2, 0.25) is 5.95 Å². The summed E-state index contributed by atoms with van der Waals surface area (Å²) in [5.74, 6) is 0.405. The topological polar surface area (TPSA) is 88.1 Å². The number of fused-ring (bicyclic) bond motifs is 1. The minimum Gasteiger partial charge on any atom is -0.381 e. The van der Waals surface area contributed by atoms with Gasteiger partial charge in [-0.05, 0) is 43.4 Å². The van der Waals surface area contributed by atoms with Crippen molar-refractivity contribution in [1.82, 2.24) is 24.6 Å². The number of aromatic amines is 1. The van der Waals surface area contributed by atoms with Gasteiger partial charge in [0.05, 0.1) is 22.3 Å². The summed E-state index contributed by atoms with van der Waals surface area (Å²) in [7, 11) is 0. The van der Waals surface area contributed by atoms with Gasteiger partial charge in [0.1, 0.15) is 5.52 Å². The SMILES string of the molecule is Cl.O=c1[nH]c(NCc2ccc(Cl)c(Cl)c2)nc2cnn(C3CCN(C4CCOCC4)CC3)c12. The van der Waals surface area contributed by atoms with Crippen LogP contribution in [0.15, 0.2) is 29.2 Å². The Balaban J connectivity index is 0.00000259. The van der Waals surface area contributed by atoms with Crippen LogP contribution in [0.2, 0.25) is 10.0 Å². The number of halogens is 3. The van der Waals surface area contributed by atoms with Crippen molar-refractivity contribution in [2.24, 2.45) is 0 Å². The summed E-state index contributed by atoms with van der Waals surface area (Å²) in [6.45, 7) is 4.22. The fourth-order valence-electron chi connectivity index (χ4n) is 4.71. The third-order valence-corrected chi connectivity index (χ3v) is 7.19. The van der Waals surface area contributed by atoms with E-state index in [0.717, 1.165) is 57.6 Å². The van der Waals surface area contributed by atoms with Crippen LogP contribution in [0.25, 0.3) is 11.0 Å².